The first kappa shape index (κ1) is 9.65. The molecular weight excluding hydrogens is 180 g/mol. The Kier molecular flexibility index (Phi) is 2.31. The number of amides is 2. The fourth-order valence-electron chi connectivity index (χ4n) is 2.10. The third-order valence-corrected chi connectivity index (χ3v) is 3.28. The van der Waals surface area contributed by atoms with Crippen molar-refractivity contribution in [3.63, 3.8) is 0 Å². The predicted octanol–water partition coefficient (Wildman–Crippen LogP) is 0.264. The number of likely N-dealkylation sites (tertiary alicyclic amines) is 1. The Labute approximate surface area is 83.4 Å². The molecule has 0 spiro atoms. The molecule has 0 radical (unpaired) electrons. The molecule has 4 nitrogen and oxygen atoms in total. The predicted molar refractivity (Wildman–Crippen MR) is 51.3 cm³/mol. The second-order valence-electron chi connectivity index (χ2n) is 4.41. The first-order chi connectivity index (χ1) is 6.67. The zero-order valence-corrected chi connectivity index (χ0v) is 8.29. The van der Waals surface area contributed by atoms with E-state index in [1.54, 1.807) is 0 Å². The average molecular weight is 196 g/mol. The average Bonchev–Trinajstić information content (AvgIpc) is 2.84. The summed E-state index contributed by atoms with van der Waals surface area (Å²) in [5, 5.41) is 0. The number of nitrogens with zero attached hydrogens (tertiary/aromatic N) is 1. The van der Waals surface area contributed by atoms with Gasteiger partial charge in [-0.05, 0) is 31.2 Å². The van der Waals surface area contributed by atoms with Gasteiger partial charge in [0.15, 0.2) is 0 Å². The molecule has 1 heterocycles. The lowest BCUT2D eigenvalue weighted by Gasteiger charge is -2.21. The molecule has 14 heavy (non-hydrogen) atoms. The molecule has 1 aliphatic carbocycles. The van der Waals surface area contributed by atoms with E-state index in [9.17, 15) is 9.59 Å². The van der Waals surface area contributed by atoms with Crippen molar-refractivity contribution in [1.82, 2.24) is 4.90 Å². The lowest BCUT2D eigenvalue weighted by atomic mass is 10.0. The van der Waals surface area contributed by atoms with Crippen LogP contribution in [0.4, 0.5) is 0 Å². The number of carbonyl (C=O) groups is 2. The van der Waals surface area contributed by atoms with Gasteiger partial charge in [0.1, 0.15) is 0 Å². The van der Waals surface area contributed by atoms with Crippen molar-refractivity contribution >= 4 is 11.8 Å². The van der Waals surface area contributed by atoms with E-state index in [4.69, 9.17) is 5.73 Å². The minimum atomic E-state index is -0.00158. The zero-order valence-electron chi connectivity index (χ0n) is 8.29. The standard InChI is InChI=1S/C10H16N2O2/c11-6-5-10(3-4-10)7-12-8(13)1-2-9(12)14/h1-7,11H2. The first-order valence-electron chi connectivity index (χ1n) is 5.20. The Morgan fingerprint density at radius 3 is 2.21 bits per heavy atom. The molecule has 0 bridgehead atoms. The van der Waals surface area contributed by atoms with Gasteiger partial charge in [0, 0.05) is 19.4 Å². The van der Waals surface area contributed by atoms with Crippen molar-refractivity contribution in [2.45, 2.75) is 32.1 Å². The quantitative estimate of drug-likeness (QED) is 0.656. The lowest BCUT2D eigenvalue weighted by Crippen LogP contribution is -2.35. The number of hydrogen-bond acceptors (Lipinski definition) is 3. The van der Waals surface area contributed by atoms with Crippen LogP contribution in [-0.2, 0) is 9.59 Å². The number of imide groups is 1. The number of carbonyl (C=O) groups excluding carboxylic acids is 2. The van der Waals surface area contributed by atoms with Crippen LogP contribution in [0.5, 0.6) is 0 Å². The van der Waals surface area contributed by atoms with Crippen molar-refractivity contribution in [3.8, 4) is 0 Å². The molecule has 2 aliphatic rings. The highest BCUT2D eigenvalue weighted by Gasteiger charge is 2.46. The Morgan fingerprint density at radius 2 is 1.79 bits per heavy atom. The van der Waals surface area contributed by atoms with Gasteiger partial charge in [0.2, 0.25) is 11.8 Å². The molecule has 0 aromatic rings. The molecule has 4 heteroatoms. The third-order valence-electron chi connectivity index (χ3n) is 3.28. The Balaban J connectivity index is 1.96. The van der Waals surface area contributed by atoms with Crippen LogP contribution in [0.25, 0.3) is 0 Å². The van der Waals surface area contributed by atoms with Crippen LogP contribution in [0.15, 0.2) is 0 Å². The number of rotatable bonds is 4. The highest BCUT2D eigenvalue weighted by molar-refractivity contribution is 6.01. The summed E-state index contributed by atoms with van der Waals surface area (Å²) in [6.45, 7) is 1.26. The molecule has 0 aromatic heterocycles. The summed E-state index contributed by atoms with van der Waals surface area (Å²) in [6, 6.07) is 0. The molecule has 2 fully saturated rings. The molecule has 78 valence electrons. The maximum atomic E-state index is 11.4. The van der Waals surface area contributed by atoms with Gasteiger partial charge in [-0.25, -0.2) is 0 Å². The van der Waals surface area contributed by atoms with Gasteiger partial charge < -0.3 is 5.73 Å². The van der Waals surface area contributed by atoms with Gasteiger partial charge in [-0.2, -0.15) is 0 Å². The minimum Gasteiger partial charge on any atom is -0.330 e. The summed E-state index contributed by atoms with van der Waals surface area (Å²) in [6.07, 6.45) is 3.96. The van der Waals surface area contributed by atoms with Crippen LogP contribution in [0, 0.1) is 5.41 Å². The molecule has 1 saturated carbocycles. The summed E-state index contributed by atoms with van der Waals surface area (Å²) >= 11 is 0. The van der Waals surface area contributed by atoms with Gasteiger partial charge in [0.25, 0.3) is 0 Å². The SMILES string of the molecule is NCCC1(CN2C(=O)CCC2=O)CC1. The normalized spacial score (nSPS) is 24.5. The van der Waals surface area contributed by atoms with Crippen LogP contribution in [0.3, 0.4) is 0 Å². The second kappa shape index (κ2) is 3.35. The van der Waals surface area contributed by atoms with Gasteiger partial charge in [-0.1, -0.05) is 0 Å². The molecule has 0 atom stereocenters. The Bertz CT molecular complexity index is 255. The minimum absolute atomic E-state index is 0.00158. The molecular formula is C10H16N2O2. The molecule has 2 N–H and O–H groups in total. The van der Waals surface area contributed by atoms with E-state index >= 15 is 0 Å². The van der Waals surface area contributed by atoms with Crippen LogP contribution in [0.1, 0.15) is 32.1 Å². The monoisotopic (exact) mass is 196 g/mol. The van der Waals surface area contributed by atoms with Crippen LogP contribution < -0.4 is 5.73 Å². The third kappa shape index (κ3) is 1.66. The van der Waals surface area contributed by atoms with Gasteiger partial charge >= 0.3 is 0 Å². The Morgan fingerprint density at radius 1 is 1.21 bits per heavy atom. The van der Waals surface area contributed by atoms with Crippen molar-refractivity contribution in [2.75, 3.05) is 13.1 Å². The fraction of sp³-hybridized carbons (Fsp3) is 0.800. The summed E-state index contributed by atoms with van der Waals surface area (Å²) in [5.41, 5.74) is 5.69. The van der Waals surface area contributed by atoms with E-state index in [1.807, 2.05) is 0 Å². The zero-order chi connectivity index (χ0) is 10.2. The molecule has 2 rings (SSSR count). The molecule has 1 aliphatic heterocycles. The summed E-state index contributed by atoms with van der Waals surface area (Å²) in [4.78, 5) is 24.2. The maximum absolute atomic E-state index is 11.4. The van der Waals surface area contributed by atoms with Crippen LogP contribution in [-0.4, -0.2) is 29.8 Å². The van der Waals surface area contributed by atoms with Crippen LogP contribution in [0.2, 0.25) is 0 Å². The lowest BCUT2D eigenvalue weighted by molar-refractivity contribution is -0.139. The smallest absolute Gasteiger partial charge is 0.229 e. The summed E-state index contributed by atoms with van der Waals surface area (Å²) < 4.78 is 0. The fourth-order valence-corrected chi connectivity index (χ4v) is 2.10. The van der Waals surface area contributed by atoms with Gasteiger partial charge in [-0.3, -0.25) is 14.5 Å². The van der Waals surface area contributed by atoms with Gasteiger partial charge in [0.05, 0.1) is 0 Å². The molecule has 0 unspecified atom stereocenters. The maximum Gasteiger partial charge on any atom is 0.229 e. The summed E-state index contributed by atoms with van der Waals surface area (Å²) in [7, 11) is 0. The van der Waals surface area contributed by atoms with Crippen molar-refractivity contribution < 1.29 is 9.59 Å². The van der Waals surface area contributed by atoms with Crippen molar-refractivity contribution in [2.24, 2.45) is 11.1 Å². The van der Waals surface area contributed by atoms with Crippen molar-refractivity contribution in [1.29, 1.82) is 0 Å². The molecule has 2 amide bonds. The van der Waals surface area contributed by atoms with Crippen LogP contribution >= 0.6 is 0 Å². The number of hydrogen-bond donors (Lipinski definition) is 1. The van der Waals surface area contributed by atoms with E-state index < -0.39 is 0 Å². The van der Waals surface area contributed by atoms with E-state index in [0.29, 0.717) is 25.9 Å². The molecule has 0 aromatic carbocycles. The van der Waals surface area contributed by atoms with Gasteiger partial charge in [-0.15, -0.1) is 0 Å². The number of nitrogens with two attached hydrogens (primary N) is 1. The van der Waals surface area contributed by atoms with Crippen molar-refractivity contribution in [3.05, 3.63) is 0 Å². The van der Waals surface area contributed by atoms with E-state index in [-0.39, 0.29) is 17.2 Å². The second-order valence-corrected chi connectivity index (χ2v) is 4.41. The van der Waals surface area contributed by atoms with E-state index in [0.717, 1.165) is 19.3 Å². The highest BCUT2D eigenvalue weighted by atomic mass is 16.2. The van der Waals surface area contributed by atoms with E-state index in [2.05, 4.69) is 0 Å². The summed E-state index contributed by atoms with van der Waals surface area (Å²) in [5.74, 6) is -0.00315. The van der Waals surface area contributed by atoms with E-state index in [1.165, 1.54) is 4.90 Å². The highest BCUT2D eigenvalue weighted by Crippen LogP contribution is 2.49. The largest absolute Gasteiger partial charge is 0.330 e. The molecule has 1 saturated heterocycles. The Hall–Kier alpha value is -0.900. The topological polar surface area (TPSA) is 63.4 Å². The first-order valence-corrected chi connectivity index (χ1v) is 5.20.